The van der Waals surface area contributed by atoms with Gasteiger partial charge < -0.3 is 11.1 Å². The van der Waals surface area contributed by atoms with Crippen molar-refractivity contribution < 1.29 is 9.18 Å². The van der Waals surface area contributed by atoms with E-state index in [-0.39, 0.29) is 5.69 Å². The molecule has 2 heterocycles. The van der Waals surface area contributed by atoms with Crippen LogP contribution < -0.4 is 11.1 Å². The Bertz CT molecular complexity index is 1150. The maximum absolute atomic E-state index is 13.8. The van der Waals surface area contributed by atoms with Gasteiger partial charge in [0.15, 0.2) is 0 Å². The van der Waals surface area contributed by atoms with E-state index in [1.54, 1.807) is 12.1 Å². The molecule has 27 heavy (non-hydrogen) atoms. The number of nitrogens with zero attached hydrogens (tertiary/aromatic N) is 1. The topological polar surface area (TPSA) is 68.0 Å². The van der Waals surface area contributed by atoms with Crippen LogP contribution in [0.4, 0.5) is 15.8 Å². The lowest BCUT2D eigenvalue weighted by Gasteiger charge is -2.05. The van der Waals surface area contributed by atoms with Gasteiger partial charge in [0, 0.05) is 10.9 Å². The van der Waals surface area contributed by atoms with Crippen LogP contribution in [0.3, 0.4) is 0 Å². The first kappa shape index (κ1) is 17.2. The Labute approximate surface area is 159 Å². The van der Waals surface area contributed by atoms with Gasteiger partial charge in [0.05, 0.1) is 17.1 Å². The van der Waals surface area contributed by atoms with Crippen LogP contribution in [0, 0.1) is 12.7 Å². The lowest BCUT2D eigenvalue weighted by Crippen LogP contribution is -2.12. The van der Waals surface area contributed by atoms with Gasteiger partial charge in [-0.15, -0.1) is 11.3 Å². The minimum atomic E-state index is -0.495. The molecule has 0 spiro atoms. The second-order valence-corrected chi connectivity index (χ2v) is 7.19. The van der Waals surface area contributed by atoms with Gasteiger partial charge in [0.1, 0.15) is 15.5 Å². The molecular weight excluding hydrogens is 361 g/mol. The maximum atomic E-state index is 13.8. The highest BCUT2D eigenvalue weighted by Crippen LogP contribution is 2.34. The van der Waals surface area contributed by atoms with Gasteiger partial charge in [0.25, 0.3) is 5.91 Å². The summed E-state index contributed by atoms with van der Waals surface area (Å²) in [6.45, 7) is 2.03. The van der Waals surface area contributed by atoms with E-state index in [4.69, 9.17) is 5.73 Å². The zero-order valence-corrected chi connectivity index (χ0v) is 15.3. The van der Waals surface area contributed by atoms with Gasteiger partial charge >= 0.3 is 0 Å². The number of nitrogens with one attached hydrogen (secondary N) is 1. The highest BCUT2D eigenvalue weighted by atomic mass is 32.1. The van der Waals surface area contributed by atoms with Gasteiger partial charge in [-0.1, -0.05) is 42.0 Å². The summed E-state index contributed by atoms with van der Waals surface area (Å²) in [6, 6.07) is 17.8. The molecule has 0 bridgehead atoms. The number of hydrogen-bond acceptors (Lipinski definition) is 4. The summed E-state index contributed by atoms with van der Waals surface area (Å²) in [7, 11) is 0. The third-order valence-corrected chi connectivity index (χ3v) is 5.38. The van der Waals surface area contributed by atoms with Crippen LogP contribution in [0.15, 0.2) is 60.7 Å². The summed E-state index contributed by atoms with van der Waals surface area (Å²) in [5.74, 6) is -0.942. The number of rotatable bonds is 3. The van der Waals surface area contributed by atoms with E-state index in [1.165, 1.54) is 29.0 Å². The fourth-order valence-corrected chi connectivity index (χ4v) is 3.78. The molecule has 0 aliphatic rings. The Balaban J connectivity index is 1.70. The lowest BCUT2D eigenvalue weighted by atomic mass is 10.1. The summed E-state index contributed by atoms with van der Waals surface area (Å²) in [6.07, 6.45) is 0. The number of pyridine rings is 1. The average Bonchev–Trinajstić information content (AvgIpc) is 3.00. The van der Waals surface area contributed by atoms with Crippen LogP contribution in [-0.4, -0.2) is 10.9 Å². The van der Waals surface area contributed by atoms with Crippen molar-refractivity contribution in [3.8, 4) is 11.3 Å². The quantitative estimate of drug-likeness (QED) is 0.513. The molecule has 0 unspecified atom stereocenters. The number of thiophene rings is 1. The van der Waals surface area contributed by atoms with Crippen molar-refractivity contribution in [2.45, 2.75) is 6.92 Å². The van der Waals surface area contributed by atoms with Crippen molar-refractivity contribution in [3.63, 3.8) is 0 Å². The number of benzene rings is 2. The monoisotopic (exact) mass is 377 g/mol. The van der Waals surface area contributed by atoms with Crippen LogP contribution in [0.2, 0.25) is 0 Å². The molecule has 0 aliphatic heterocycles. The van der Waals surface area contributed by atoms with Gasteiger partial charge in [-0.2, -0.15) is 0 Å². The van der Waals surface area contributed by atoms with Crippen LogP contribution in [0.5, 0.6) is 0 Å². The number of carbonyl (C=O) groups is 1. The SMILES string of the molecule is Cc1ccc(-c2ccc3c(N)c(C(=O)Nc4ccccc4F)sc3n2)cc1. The number of halogens is 1. The first-order valence-corrected chi connectivity index (χ1v) is 9.16. The van der Waals surface area contributed by atoms with Gasteiger partial charge in [-0.25, -0.2) is 9.37 Å². The fourth-order valence-electron chi connectivity index (χ4n) is 2.79. The number of amides is 1. The van der Waals surface area contributed by atoms with Crippen molar-refractivity contribution in [2.24, 2.45) is 0 Å². The highest BCUT2D eigenvalue weighted by molar-refractivity contribution is 7.21. The molecule has 0 radical (unpaired) electrons. The Morgan fingerprint density at radius 3 is 2.56 bits per heavy atom. The molecule has 0 fully saturated rings. The van der Waals surface area contributed by atoms with E-state index in [0.29, 0.717) is 15.4 Å². The second-order valence-electron chi connectivity index (χ2n) is 6.19. The molecular formula is C21H16FN3OS. The van der Waals surface area contributed by atoms with Crippen molar-refractivity contribution in [1.29, 1.82) is 0 Å². The largest absolute Gasteiger partial charge is 0.397 e. The highest BCUT2D eigenvalue weighted by Gasteiger charge is 2.19. The number of nitrogens with two attached hydrogens (primary N) is 1. The number of aryl methyl sites for hydroxylation is 1. The zero-order chi connectivity index (χ0) is 19.0. The Kier molecular flexibility index (Phi) is 4.33. The van der Waals surface area contributed by atoms with Gasteiger partial charge in [-0.3, -0.25) is 4.79 Å². The summed E-state index contributed by atoms with van der Waals surface area (Å²) in [5, 5.41) is 3.29. The minimum Gasteiger partial charge on any atom is -0.397 e. The molecule has 0 aliphatic carbocycles. The Hall–Kier alpha value is -3.25. The first-order valence-electron chi connectivity index (χ1n) is 8.35. The molecule has 4 rings (SSSR count). The van der Waals surface area contributed by atoms with E-state index >= 15 is 0 Å². The summed E-state index contributed by atoms with van der Waals surface area (Å²) < 4.78 is 13.8. The Morgan fingerprint density at radius 2 is 1.81 bits per heavy atom. The predicted octanol–water partition coefficient (Wildman–Crippen LogP) is 5.25. The maximum Gasteiger partial charge on any atom is 0.268 e. The number of aromatic nitrogens is 1. The van der Waals surface area contributed by atoms with Crippen LogP contribution in [0.25, 0.3) is 21.5 Å². The molecule has 134 valence electrons. The van der Waals surface area contributed by atoms with E-state index in [2.05, 4.69) is 10.3 Å². The Morgan fingerprint density at radius 1 is 1.07 bits per heavy atom. The van der Waals surface area contributed by atoms with E-state index in [0.717, 1.165) is 16.6 Å². The molecule has 0 saturated carbocycles. The first-order chi connectivity index (χ1) is 13.0. The van der Waals surface area contributed by atoms with Crippen molar-refractivity contribution in [1.82, 2.24) is 4.98 Å². The standard InChI is InChI=1S/C21H16FN3OS/c1-12-6-8-13(9-7-12)16-11-10-14-18(23)19(27-21(14)25-16)20(26)24-17-5-3-2-4-15(17)22/h2-11H,23H2,1H3,(H,24,26). The molecule has 3 N–H and O–H groups in total. The summed E-state index contributed by atoms with van der Waals surface area (Å²) in [4.78, 5) is 18.2. The summed E-state index contributed by atoms with van der Waals surface area (Å²) in [5.41, 5.74) is 9.60. The molecule has 2 aromatic heterocycles. The predicted molar refractivity (Wildman–Crippen MR) is 109 cm³/mol. The normalized spacial score (nSPS) is 10.9. The molecule has 0 saturated heterocycles. The number of carbonyl (C=O) groups excluding carboxylic acids is 1. The van der Waals surface area contributed by atoms with Crippen molar-refractivity contribution >= 4 is 38.8 Å². The second kappa shape index (κ2) is 6.81. The number of anilines is 2. The van der Waals surface area contributed by atoms with Gasteiger partial charge in [0.2, 0.25) is 0 Å². The van der Waals surface area contributed by atoms with Crippen LogP contribution in [0.1, 0.15) is 15.2 Å². The van der Waals surface area contributed by atoms with Crippen LogP contribution >= 0.6 is 11.3 Å². The third-order valence-electron chi connectivity index (χ3n) is 4.27. The smallest absolute Gasteiger partial charge is 0.268 e. The van der Waals surface area contributed by atoms with Crippen molar-refractivity contribution in [2.75, 3.05) is 11.1 Å². The van der Waals surface area contributed by atoms with E-state index in [1.807, 2.05) is 43.3 Å². The van der Waals surface area contributed by atoms with Gasteiger partial charge in [-0.05, 0) is 31.2 Å². The lowest BCUT2D eigenvalue weighted by molar-refractivity contribution is 0.103. The fraction of sp³-hybridized carbons (Fsp3) is 0.0476. The van der Waals surface area contributed by atoms with E-state index in [9.17, 15) is 9.18 Å². The average molecular weight is 377 g/mol. The number of nitrogen functional groups attached to an aromatic ring is 1. The molecule has 2 aromatic carbocycles. The molecule has 4 aromatic rings. The van der Waals surface area contributed by atoms with Crippen LogP contribution in [-0.2, 0) is 0 Å². The molecule has 1 amide bonds. The number of fused-ring (bicyclic) bond motifs is 1. The number of hydrogen-bond donors (Lipinski definition) is 2. The zero-order valence-electron chi connectivity index (χ0n) is 14.5. The summed E-state index contributed by atoms with van der Waals surface area (Å²) >= 11 is 1.20. The minimum absolute atomic E-state index is 0.118. The molecule has 6 heteroatoms. The molecule has 4 nitrogen and oxygen atoms in total. The molecule has 0 atom stereocenters. The van der Waals surface area contributed by atoms with E-state index < -0.39 is 11.7 Å². The van der Waals surface area contributed by atoms with Crippen molar-refractivity contribution in [3.05, 3.63) is 76.9 Å². The number of para-hydroxylation sites is 1. The third kappa shape index (κ3) is 3.27.